The van der Waals surface area contributed by atoms with Crippen LogP contribution in [0.1, 0.15) is 135 Å². The number of allylic oxidation sites excluding steroid dienone is 1. The van der Waals surface area contributed by atoms with Crippen LogP contribution in [0.15, 0.2) is 21.2 Å². The Hall–Kier alpha value is -2.17. The summed E-state index contributed by atoms with van der Waals surface area (Å²) in [5.74, 6) is 3.90. The fraction of sp³-hybridized carbons (Fsp3) is 0.750. The normalized spacial score (nSPS) is 32.2. The zero-order chi connectivity index (χ0) is 28.8. The van der Waals surface area contributed by atoms with Gasteiger partial charge in [0.1, 0.15) is 0 Å². The summed E-state index contributed by atoms with van der Waals surface area (Å²) < 4.78 is 2.19. The number of nitrogens with one attached hydrogen (secondary N) is 1. The van der Waals surface area contributed by atoms with Gasteiger partial charge in [0.05, 0.1) is 5.56 Å². The third kappa shape index (κ3) is 4.97. The van der Waals surface area contributed by atoms with Crippen LogP contribution >= 0.6 is 0 Å². The molecule has 2 heterocycles. The molecule has 5 heteroatoms. The van der Waals surface area contributed by atoms with Gasteiger partial charge in [-0.3, -0.25) is 9.78 Å². The van der Waals surface area contributed by atoms with Crippen molar-refractivity contribution < 1.29 is 0 Å². The fourth-order valence-corrected chi connectivity index (χ4v) is 10.3. The molecule has 6 aliphatic rings. The SMILES string of the molecule is CCCCCCCC[C@H]1CC[C@H]2[C@@H]3CCC4=Cc5c(cc6c(=O)[nH]c(=O)nc-6n5CCCC)C[C@]4(C)[C@H]3CC[C@]12C. The van der Waals surface area contributed by atoms with Crippen LogP contribution in [0.5, 0.6) is 0 Å². The Labute approximate surface area is 247 Å². The van der Waals surface area contributed by atoms with Crippen molar-refractivity contribution in [1.29, 1.82) is 0 Å². The first kappa shape index (κ1) is 28.9. The second kappa shape index (κ2) is 11.5. The predicted molar refractivity (Wildman–Crippen MR) is 168 cm³/mol. The zero-order valence-corrected chi connectivity index (χ0v) is 26.2. The molecule has 0 aromatic heterocycles. The molecule has 4 aliphatic carbocycles. The van der Waals surface area contributed by atoms with E-state index in [1.807, 2.05) is 0 Å². The zero-order valence-electron chi connectivity index (χ0n) is 26.2. The minimum absolute atomic E-state index is 0.156. The Balaban J connectivity index is 1.26. The van der Waals surface area contributed by atoms with E-state index in [9.17, 15) is 9.59 Å². The summed E-state index contributed by atoms with van der Waals surface area (Å²) in [5.41, 5.74) is 4.47. The van der Waals surface area contributed by atoms with Gasteiger partial charge in [0, 0.05) is 12.2 Å². The van der Waals surface area contributed by atoms with E-state index in [1.165, 1.54) is 94.7 Å². The average molecular weight is 560 g/mol. The fourth-order valence-electron chi connectivity index (χ4n) is 10.3. The van der Waals surface area contributed by atoms with E-state index in [4.69, 9.17) is 0 Å². The Morgan fingerprint density at radius 2 is 1.73 bits per heavy atom. The van der Waals surface area contributed by atoms with Gasteiger partial charge in [0.25, 0.3) is 5.56 Å². The molecule has 41 heavy (non-hydrogen) atoms. The van der Waals surface area contributed by atoms with E-state index >= 15 is 0 Å². The molecule has 6 atom stereocenters. The van der Waals surface area contributed by atoms with Gasteiger partial charge in [-0.25, -0.2) is 4.79 Å². The highest BCUT2D eigenvalue weighted by atomic mass is 16.2. The molecule has 0 bridgehead atoms. The number of aromatic nitrogens is 3. The summed E-state index contributed by atoms with van der Waals surface area (Å²) in [6.07, 6.45) is 23.5. The Bertz CT molecular complexity index is 1370. The van der Waals surface area contributed by atoms with Crippen molar-refractivity contribution in [1.82, 2.24) is 14.5 Å². The smallest absolute Gasteiger partial charge is 0.325 e. The number of nitrogens with zero attached hydrogens (tertiary/aromatic N) is 2. The lowest BCUT2D eigenvalue weighted by Gasteiger charge is -2.58. The minimum atomic E-state index is -0.543. The number of hydrogen-bond donors (Lipinski definition) is 1. The topological polar surface area (TPSA) is 67.8 Å². The number of unbranched alkanes of at least 4 members (excludes halogenated alkanes) is 6. The largest absolute Gasteiger partial charge is 0.349 e. The Kier molecular flexibility index (Phi) is 8.11. The summed E-state index contributed by atoms with van der Waals surface area (Å²) in [6.45, 7) is 10.5. The molecular weight excluding hydrogens is 506 g/mol. The molecule has 0 unspecified atom stereocenters. The highest BCUT2D eigenvalue weighted by molar-refractivity contribution is 5.67. The number of pyridine rings is 1. The Morgan fingerprint density at radius 1 is 0.951 bits per heavy atom. The van der Waals surface area contributed by atoms with E-state index < -0.39 is 5.69 Å². The van der Waals surface area contributed by atoms with Crippen LogP contribution in [0.4, 0.5) is 0 Å². The van der Waals surface area contributed by atoms with Crippen molar-refractivity contribution >= 4 is 6.08 Å². The number of H-pyrrole nitrogens is 1. The van der Waals surface area contributed by atoms with Gasteiger partial charge in [-0.1, -0.05) is 78.2 Å². The first-order chi connectivity index (χ1) is 19.8. The van der Waals surface area contributed by atoms with Gasteiger partial charge in [0.2, 0.25) is 0 Å². The predicted octanol–water partition coefficient (Wildman–Crippen LogP) is 8.39. The lowest BCUT2D eigenvalue weighted by molar-refractivity contribution is -0.0478. The van der Waals surface area contributed by atoms with Crippen LogP contribution in [0.2, 0.25) is 0 Å². The highest BCUT2D eigenvalue weighted by Crippen LogP contribution is 2.67. The van der Waals surface area contributed by atoms with Gasteiger partial charge in [-0.05, 0) is 110 Å². The van der Waals surface area contributed by atoms with Crippen molar-refractivity contribution in [2.24, 2.45) is 34.5 Å². The average Bonchev–Trinajstić information content (AvgIpc) is 3.28. The first-order valence-corrected chi connectivity index (χ1v) is 17.2. The maximum atomic E-state index is 12.9. The number of rotatable bonds is 10. The third-order valence-electron chi connectivity index (χ3n) is 12.5. The second-order valence-electron chi connectivity index (χ2n) is 14.7. The second-order valence-corrected chi connectivity index (χ2v) is 14.7. The minimum Gasteiger partial charge on any atom is -0.325 e. The summed E-state index contributed by atoms with van der Waals surface area (Å²) in [6, 6.07) is 2.07. The summed E-state index contributed by atoms with van der Waals surface area (Å²) in [7, 11) is 0. The number of aromatic amines is 1. The van der Waals surface area contributed by atoms with Crippen molar-refractivity contribution in [3.8, 4) is 11.4 Å². The molecule has 0 aromatic carbocycles. The molecule has 0 saturated heterocycles. The van der Waals surface area contributed by atoms with Crippen LogP contribution in [0, 0.1) is 34.5 Å². The van der Waals surface area contributed by atoms with Crippen LogP contribution in [0.3, 0.4) is 0 Å². The molecule has 1 N–H and O–H groups in total. The lowest BCUT2D eigenvalue weighted by Crippen LogP contribution is -2.51. The molecule has 2 aliphatic heterocycles. The summed E-state index contributed by atoms with van der Waals surface area (Å²) >= 11 is 0. The van der Waals surface area contributed by atoms with Crippen LogP contribution in [0.25, 0.3) is 17.5 Å². The third-order valence-corrected chi connectivity index (χ3v) is 12.5. The van der Waals surface area contributed by atoms with Crippen LogP contribution < -0.4 is 11.2 Å². The van der Waals surface area contributed by atoms with Crippen molar-refractivity contribution in [2.75, 3.05) is 0 Å². The number of hydrogen-bond acceptors (Lipinski definition) is 3. The van der Waals surface area contributed by atoms with E-state index in [2.05, 4.69) is 54.4 Å². The molecule has 0 spiro atoms. The van der Waals surface area contributed by atoms with Crippen molar-refractivity contribution in [3.05, 3.63) is 43.7 Å². The molecule has 0 radical (unpaired) electrons. The van der Waals surface area contributed by atoms with Gasteiger partial charge in [0.15, 0.2) is 5.82 Å². The number of fused-ring (bicyclic) bond motifs is 7. The van der Waals surface area contributed by atoms with E-state index in [-0.39, 0.29) is 11.0 Å². The standard InChI is InChI=1S/C36H53N3O2/c1-5-7-9-10-11-12-13-25-15-17-29-27-16-14-26-22-31-24(23-36(26,4)30(27)18-19-35(25,29)3)21-28-32(39(31)20-8-6-2)37-34(41)38-33(28)40/h21-22,25,27,29-30H,5-20,23H2,1-4H3,(H,38,40,41)/t25-,27-,29-,30-,35+,36-/m0/s1. The monoisotopic (exact) mass is 559 g/mol. The van der Waals surface area contributed by atoms with Crippen LogP contribution in [-0.2, 0) is 13.0 Å². The molecule has 3 saturated carbocycles. The van der Waals surface area contributed by atoms with Gasteiger partial charge >= 0.3 is 5.69 Å². The van der Waals surface area contributed by atoms with Crippen molar-refractivity contribution in [2.45, 2.75) is 137 Å². The maximum Gasteiger partial charge on any atom is 0.349 e. The van der Waals surface area contributed by atoms with E-state index in [0.717, 1.165) is 49.5 Å². The van der Waals surface area contributed by atoms with E-state index in [0.29, 0.717) is 16.8 Å². The Morgan fingerprint density at radius 3 is 2.54 bits per heavy atom. The van der Waals surface area contributed by atoms with E-state index in [1.54, 1.807) is 5.57 Å². The quantitative estimate of drug-likeness (QED) is 0.297. The summed E-state index contributed by atoms with van der Waals surface area (Å²) in [5, 5.41) is 0. The van der Waals surface area contributed by atoms with Gasteiger partial charge < -0.3 is 4.57 Å². The van der Waals surface area contributed by atoms with Crippen molar-refractivity contribution in [3.63, 3.8) is 0 Å². The molecule has 5 nitrogen and oxygen atoms in total. The molecule has 0 aromatic rings. The van der Waals surface area contributed by atoms with Gasteiger partial charge in [-0.2, -0.15) is 4.98 Å². The maximum absolute atomic E-state index is 12.9. The molecule has 0 amide bonds. The molecule has 224 valence electrons. The van der Waals surface area contributed by atoms with Gasteiger partial charge in [-0.15, -0.1) is 0 Å². The van der Waals surface area contributed by atoms with Crippen LogP contribution in [-0.4, -0.2) is 14.5 Å². The molecule has 6 rings (SSSR count). The summed E-state index contributed by atoms with van der Waals surface area (Å²) in [4.78, 5) is 31.8. The lowest BCUT2D eigenvalue weighted by atomic mass is 9.46. The first-order valence-electron chi connectivity index (χ1n) is 17.2. The highest BCUT2D eigenvalue weighted by Gasteiger charge is 2.58. The molecule has 3 fully saturated rings. The molecular formula is C36H53N3O2.